The molecular formula is C17H29N3O. The molecule has 0 saturated carbocycles. The Morgan fingerprint density at radius 2 is 2.05 bits per heavy atom. The standard InChI is InChI=1S/C17H29N3O/c1-5-7-8-9-13(3)20-17(21)15-12-19-14(4)11-16(15)18-10-6-2/h11-13H,5-10H2,1-4H3,(H,18,19)(H,20,21). The molecule has 0 bridgehead atoms. The van der Waals surface area contributed by atoms with E-state index in [2.05, 4.69) is 36.4 Å². The summed E-state index contributed by atoms with van der Waals surface area (Å²) in [7, 11) is 0. The number of nitrogens with zero attached hydrogens (tertiary/aromatic N) is 1. The number of unbranched alkanes of at least 4 members (excludes halogenated alkanes) is 2. The molecule has 0 saturated heterocycles. The summed E-state index contributed by atoms with van der Waals surface area (Å²) in [5, 5.41) is 6.38. The van der Waals surface area contributed by atoms with Crippen molar-refractivity contribution in [2.24, 2.45) is 0 Å². The van der Waals surface area contributed by atoms with Gasteiger partial charge in [-0.1, -0.05) is 33.1 Å². The molecule has 1 heterocycles. The second-order valence-electron chi connectivity index (χ2n) is 5.67. The van der Waals surface area contributed by atoms with Gasteiger partial charge < -0.3 is 10.6 Å². The molecule has 4 heteroatoms. The molecule has 1 atom stereocenters. The maximum atomic E-state index is 12.4. The summed E-state index contributed by atoms with van der Waals surface area (Å²) in [4.78, 5) is 16.6. The highest BCUT2D eigenvalue weighted by Crippen LogP contribution is 2.16. The van der Waals surface area contributed by atoms with Gasteiger partial charge in [0.2, 0.25) is 0 Å². The van der Waals surface area contributed by atoms with E-state index in [1.54, 1.807) is 6.20 Å². The topological polar surface area (TPSA) is 54.0 Å². The number of rotatable bonds is 9. The van der Waals surface area contributed by atoms with Gasteiger partial charge in [0.05, 0.1) is 11.3 Å². The van der Waals surface area contributed by atoms with E-state index in [1.165, 1.54) is 12.8 Å². The average Bonchev–Trinajstić information content (AvgIpc) is 2.45. The number of aryl methyl sites for hydroxylation is 1. The lowest BCUT2D eigenvalue weighted by Crippen LogP contribution is -2.33. The van der Waals surface area contributed by atoms with Gasteiger partial charge in [-0.05, 0) is 32.8 Å². The van der Waals surface area contributed by atoms with E-state index >= 15 is 0 Å². The Labute approximate surface area is 128 Å². The maximum absolute atomic E-state index is 12.4. The van der Waals surface area contributed by atoms with Crippen LogP contribution in [-0.2, 0) is 0 Å². The normalized spacial score (nSPS) is 12.0. The number of carbonyl (C=O) groups is 1. The van der Waals surface area contributed by atoms with Crippen LogP contribution in [0, 0.1) is 6.92 Å². The van der Waals surface area contributed by atoms with Crippen LogP contribution in [0.1, 0.15) is 68.9 Å². The van der Waals surface area contributed by atoms with Gasteiger partial charge in [-0.15, -0.1) is 0 Å². The predicted octanol–water partition coefficient (Wildman–Crippen LogP) is 3.91. The minimum absolute atomic E-state index is 0.0369. The fourth-order valence-electron chi connectivity index (χ4n) is 2.22. The van der Waals surface area contributed by atoms with E-state index in [-0.39, 0.29) is 11.9 Å². The SMILES string of the molecule is CCCCCC(C)NC(=O)c1cnc(C)cc1NCCC. The van der Waals surface area contributed by atoms with E-state index in [4.69, 9.17) is 0 Å². The van der Waals surface area contributed by atoms with Crippen molar-refractivity contribution in [3.05, 3.63) is 23.5 Å². The number of nitrogens with one attached hydrogen (secondary N) is 2. The predicted molar refractivity (Wildman–Crippen MR) is 88.8 cm³/mol. The highest BCUT2D eigenvalue weighted by molar-refractivity contribution is 5.99. The van der Waals surface area contributed by atoms with Crippen molar-refractivity contribution in [3.8, 4) is 0 Å². The number of aromatic nitrogens is 1. The molecule has 1 amide bonds. The number of amides is 1. The van der Waals surface area contributed by atoms with Gasteiger partial charge in [-0.25, -0.2) is 0 Å². The van der Waals surface area contributed by atoms with Gasteiger partial charge in [0, 0.05) is 24.5 Å². The minimum Gasteiger partial charge on any atom is -0.384 e. The summed E-state index contributed by atoms with van der Waals surface area (Å²) in [6.07, 6.45) is 7.29. The van der Waals surface area contributed by atoms with Crippen LogP contribution in [0.3, 0.4) is 0 Å². The van der Waals surface area contributed by atoms with Crippen molar-refractivity contribution >= 4 is 11.6 Å². The monoisotopic (exact) mass is 291 g/mol. The third-order valence-corrected chi connectivity index (χ3v) is 3.47. The van der Waals surface area contributed by atoms with Crippen LogP contribution in [0.4, 0.5) is 5.69 Å². The van der Waals surface area contributed by atoms with Crippen molar-refractivity contribution in [1.82, 2.24) is 10.3 Å². The van der Waals surface area contributed by atoms with E-state index in [0.29, 0.717) is 5.56 Å². The van der Waals surface area contributed by atoms with Crippen molar-refractivity contribution in [3.63, 3.8) is 0 Å². The first-order valence-electron chi connectivity index (χ1n) is 8.09. The number of anilines is 1. The van der Waals surface area contributed by atoms with Gasteiger partial charge >= 0.3 is 0 Å². The Balaban J connectivity index is 2.67. The molecule has 1 unspecified atom stereocenters. The van der Waals surface area contributed by atoms with Crippen molar-refractivity contribution in [2.75, 3.05) is 11.9 Å². The van der Waals surface area contributed by atoms with Gasteiger partial charge in [0.1, 0.15) is 0 Å². The third kappa shape index (κ3) is 6.15. The molecule has 2 N–H and O–H groups in total. The number of carbonyl (C=O) groups excluding carboxylic acids is 1. The minimum atomic E-state index is -0.0369. The molecule has 0 aliphatic heterocycles. The van der Waals surface area contributed by atoms with Gasteiger partial charge in [0.25, 0.3) is 5.91 Å². The van der Waals surface area contributed by atoms with Gasteiger partial charge in [-0.3, -0.25) is 9.78 Å². The van der Waals surface area contributed by atoms with Crippen molar-refractivity contribution in [1.29, 1.82) is 0 Å². The van der Waals surface area contributed by atoms with Crippen molar-refractivity contribution in [2.45, 2.75) is 65.8 Å². The smallest absolute Gasteiger partial charge is 0.255 e. The zero-order valence-electron chi connectivity index (χ0n) is 13.8. The molecule has 21 heavy (non-hydrogen) atoms. The van der Waals surface area contributed by atoms with Gasteiger partial charge in [-0.2, -0.15) is 0 Å². The van der Waals surface area contributed by atoms with Crippen molar-refractivity contribution < 1.29 is 4.79 Å². The molecular weight excluding hydrogens is 262 g/mol. The van der Waals surface area contributed by atoms with E-state index in [0.717, 1.165) is 37.2 Å². The van der Waals surface area contributed by atoms with Crippen LogP contribution in [0.5, 0.6) is 0 Å². The largest absolute Gasteiger partial charge is 0.384 e. The molecule has 4 nitrogen and oxygen atoms in total. The van der Waals surface area contributed by atoms with Crippen LogP contribution >= 0.6 is 0 Å². The number of pyridine rings is 1. The molecule has 0 aliphatic rings. The lowest BCUT2D eigenvalue weighted by atomic mass is 10.1. The van der Waals surface area contributed by atoms with Gasteiger partial charge in [0.15, 0.2) is 0 Å². The molecule has 0 radical (unpaired) electrons. The summed E-state index contributed by atoms with van der Waals surface area (Å²) in [6.45, 7) is 9.15. The highest BCUT2D eigenvalue weighted by atomic mass is 16.1. The second-order valence-corrected chi connectivity index (χ2v) is 5.67. The number of hydrogen-bond donors (Lipinski definition) is 2. The quantitative estimate of drug-likeness (QED) is 0.678. The third-order valence-electron chi connectivity index (χ3n) is 3.47. The summed E-state index contributed by atoms with van der Waals surface area (Å²) in [5.41, 5.74) is 2.43. The molecule has 0 aromatic carbocycles. The highest BCUT2D eigenvalue weighted by Gasteiger charge is 2.14. The summed E-state index contributed by atoms with van der Waals surface area (Å²) < 4.78 is 0. The lowest BCUT2D eigenvalue weighted by molar-refractivity contribution is 0.0938. The van der Waals surface area contributed by atoms with E-state index in [1.807, 2.05) is 13.0 Å². The lowest BCUT2D eigenvalue weighted by Gasteiger charge is -2.16. The molecule has 118 valence electrons. The molecule has 1 aromatic rings. The Morgan fingerprint density at radius 1 is 1.29 bits per heavy atom. The second kappa shape index (κ2) is 9.37. The summed E-state index contributed by atoms with van der Waals surface area (Å²) >= 11 is 0. The summed E-state index contributed by atoms with van der Waals surface area (Å²) in [6, 6.07) is 2.14. The molecule has 1 rings (SSSR count). The van der Waals surface area contributed by atoms with Crippen LogP contribution in [-0.4, -0.2) is 23.5 Å². The Hall–Kier alpha value is -1.58. The van der Waals surface area contributed by atoms with Crippen LogP contribution < -0.4 is 10.6 Å². The fourth-order valence-corrected chi connectivity index (χ4v) is 2.22. The molecule has 0 aliphatic carbocycles. The first-order valence-corrected chi connectivity index (χ1v) is 8.09. The number of hydrogen-bond acceptors (Lipinski definition) is 3. The average molecular weight is 291 g/mol. The zero-order chi connectivity index (χ0) is 15.7. The Morgan fingerprint density at radius 3 is 2.71 bits per heavy atom. The first-order chi connectivity index (χ1) is 10.1. The Kier molecular flexibility index (Phi) is 7.80. The van der Waals surface area contributed by atoms with Crippen LogP contribution in [0.2, 0.25) is 0 Å². The van der Waals surface area contributed by atoms with E-state index in [9.17, 15) is 4.79 Å². The fraction of sp³-hybridized carbons (Fsp3) is 0.647. The zero-order valence-corrected chi connectivity index (χ0v) is 13.8. The Bertz CT molecular complexity index is 446. The van der Waals surface area contributed by atoms with E-state index < -0.39 is 0 Å². The molecule has 1 aromatic heterocycles. The summed E-state index contributed by atoms with van der Waals surface area (Å²) in [5.74, 6) is -0.0369. The maximum Gasteiger partial charge on any atom is 0.255 e. The first kappa shape index (κ1) is 17.5. The van der Waals surface area contributed by atoms with Crippen LogP contribution in [0.15, 0.2) is 12.3 Å². The molecule has 0 spiro atoms. The molecule has 0 fully saturated rings. The van der Waals surface area contributed by atoms with Crippen LogP contribution in [0.25, 0.3) is 0 Å².